The average molecular weight is 407 g/mol. The molecule has 2 aliphatic heterocycles. The molecule has 2 heterocycles. The van der Waals surface area contributed by atoms with Crippen molar-refractivity contribution in [2.24, 2.45) is 10.2 Å². The van der Waals surface area contributed by atoms with Gasteiger partial charge in [-0.25, -0.2) is 0 Å². The number of non-ortho nitro benzene ring substituents is 1. The topological polar surface area (TPSA) is 147 Å². The highest BCUT2D eigenvalue weighted by Crippen LogP contribution is 2.26. The van der Waals surface area contributed by atoms with Gasteiger partial charge in [-0.05, 0) is 6.07 Å². The second-order valence-electron chi connectivity index (χ2n) is 5.94. The Kier molecular flexibility index (Phi) is 6.21. The van der Waals surface area contributed by atoms with E-state index in [-0.39, 0.29) is 17.3 Å². The van der Waals surface area contributed by atoms with Crippen molar-refractivity contribution in [3.63, 3.8) is 0 Å². The van der Waals surface area contributed by atoms with Crippen molar-refractivity contribution >= 4 is 46.4 Å². The zero-order valence-corrected chi connectivity index (χ0v) is 15.4. The maximum absolute atomic E-state index is 11.7. The van der Waals surface area contributed by atoms with Crippen LogP contribution in [0.4, 0.5) is 11.4 Å². The van der Waals surface area contributed by atoms with Crippen LogP contribution >= 0.6 is 11.8 Å². The summed E-state index contributed by atoms with van der Waals surface area (Å²) in [4.78, 5) is 35.1. The number of nitro groups is 1. The number of hydrogen-bond acceptors (Lipinski definition) is 9. The van der Waals surface area contributed by atoms with E-state index in [9.17, 15) is 19.7 Å². The summed E-state index contributed by atoms with van der Waals surface area (Å²) in [5.74, 6) is -1.52. The van der Waals surface area contributed by atoms with Crippen molar-refractivity contribution in [1.29, 1.82) is 0 Å². The normalized spacial score (nSPS) is 21.3. The molecular formula is C16H17N5O6S. The number of benzene rings is 1. The number of carbonyl (C=O) groups is 2. The van der Waals surface area contributed by atoms with E-state index in [1.54, 1.807) is 6.07 Å². The van der Waals surface area contributed by atoms with Crippen LogP contribution in [-0.2, 0) is 14.3 Å². The minimum atomic E-state index is -1.08. The third kappa shape index (κ3) is 4.84. The summed E-state index contributed by atoms with van der Waals surface area (Å²) >= 11 is 0.982. The van der Waals surface area contributed by atoms with Crippen LogP contribution in [0.1, 0.15) is 12.0 Å². The molecule has 2 aliphatic rings. The Balaban J connectivity index is 1.80. The lowest BCUT2D eigenvalue weighted by Crippen LogP contribution is -2.36. The molecule has 0 radical (unpaired) electrons. The lowest BCUT2D eigenvalue weighted by atomic mass is 10.1. The third-order valence-electron chi connectivity index (χ3n) is 4.06. The smallest absolute Gasteiger partial charge is 0.305 e. The maximum Gasteiger partial charge on any atom is 0.305 e. The van der Waals surface area contributed by atoms with Crippen molar-refractivity contribution in [2.45, 2.75) is 11.7 Å². The molecule has 1 unspecified atom stereocenters. The average Bonchev–Trinajstić information content (AvgIpc) is 3.01. The number of morpholine rings is 1. The van der Waals surface area contributed by atoms with Crippen molar-refractivity contribution < 1.29 is 24.4 Å². The first kappa shape index (κ1) is 19.8. The summed E-state index contributed by atoms with van der Waals surface area (Å²) in [6.07, 6.45) is 1.06. The number of rotatable bonds is 6. The number of hydrogen-bond donors (Lipinski definition) is 2. The fourth-order valence-electron chi connectivity index (χ4n) is 2.74. The second kappa shape index (κ2) is 8.80. The summed E-state index contributed by atoms with van der Waals surface area (Å²) in [5, 5.41) is 29.6. The third-order valence-corrected chi connectivity index (χ3v) is 5.13. The second-order valence-corrected chi connectivity index (χ2v) is 7.13. The van der Waals surface area contributed by atoms with Crippen LogP contribution in [-0.4, -0.2) is 64.8 Å². The summed E-state index contributed by atoms with van der Waals surface area (Å²) in [7, 11) is 0. The first-order valence-electron chi connectivity index (χ1n) is 8.35. The van der Waals surface area contributed by atoms with Gasteiger partial charge in [-0.1, -0.05) is 11.8 Å². The van der Waals surface area contributed by atoms with Crippen LogP contribution in [0.5, 0.6) is 0 Å². The number of carboxylic acids is 1. The summed E-state index contributed by atoms with van der Waals surface area (Å²) in [6.45, 7) is 2.42. The zero-order valence-electron chi connectivity index (χ0n) is 14.6. The molecule has 12 heteroatoms. The Labute approximate surface area is 163 Å². The molecule has 0 bridgehead atoms. The number of nitrogens with one attached hydrogen (secondary N) is 1. The molecule has 0 saturated carbocycles. The van der Waals surface area contributed by atoms with Gasteiger partial charge in [-0.15, -0.1) is 5.10 Å². The van der Waals surface area contributed by atoms with Crippen LogP contribution < -0.4 is 10.2 Å². The molecule has 1 aromatic carbocycles. The Morgan fingerprint density at radius 1 is 1.46 bits per heavy atom. The number of amides is 1. The number of carbonyl (C=O) groups excluding carboxylic acids is 1. The molecule has 2 fully saturated rings. The molecule has 1 atom stereocenters. The van der Waals surface area contributed by atoms with Gasteiger partial charge in [0.2, 0.25) is 5.91 Å². The van der Waals surface area contributed by atoms with Crippen LogP contribution in [0.25, 0.3) is 0 Å². The largest absolute Gasteiger partial charge is 0.481 e. The van der Waals surface area contributed by atoms with Crippen molar-refractivity contribution in [1.82, 2.24) is 5.32 Å². The van der Waals surface area contributed by atoms with Gasteiger partial charge in [0.1, 0.15) is 5.25 Å². The van der Waals surface area contributed by atoms with E-state index < -0.39 is 22.0 Å². The van der Waals surface area contributed by atoms with Gasteiger partial charge >= 0.3 is 5.97 Å². The number of anilines is 1. The molecular weight excluding hydrogens is 390 g/mol. The molecule has 11 nitrogen and oxygen atoms in total. The molecule has 0 aliphatic carbocycles. The molecule has 2 N–H and O–H groups in total. The van der Waals surface area contributed by atoms with E-state index >= 15 is 0 Å². The van der Waals surface area contributed by atoms with E-state index in [2.05, 4.69) is 15.5 Å². The van der Waals surface area contributed by atoms with E-state index in [0.717, 1.165) is 17.4 Å². The Bertz CT molecular complexity index is 852. The van der Waals surface area contributed by atoms with Gasteiger partial charge in [0.25, 0.3) is 5.69 Å². The molecule has 1 amide bonds. The van der Waals surface area contributed by atoms with Crippen molar-refractivity contribution in [2.75, 3.05) is 31.2 Å². The first-order chi connectivity index (χ1) is 13.4. The van der Waals surface area contributed by atoms with Crippen molar-refractivity contribution in [3.8, 4) is 0 Å². The lowest BCUT2D eigenvalue weighted by molar-refractivity contribution is -0.384. The number of nitro benzene ring substituents is 1. The Morgan fingerprint density at radius 2 is 2.21 bits per heavy atom. The number of amidine groups is 1. The van der Waals surface area contributed by atoms with Crippen LogP contribution in [0, 0.1) is 10.1 Å². The fraction of sp³-hybridized carbons (Fsp3) is 0.375. The highest BCUT2D eigenvalue weighted by molar-refractivity contribution is 8.15. The Morgan fingerprint density at radius 3 is 2.89 bits per heavy atom. The quantitative estimate of drug-likeness (QED) is 0.400. The highest BCUT2D eigenvalue weighted by Gasteiger charge is 2.32. The highest BCUT2D eigenvalue weighted by atomic mass is 32.2. The fourth-order valence-corrected chi connectivity index (χ4v) is 3.65. The van der Waals surface area contributed by atoms with E-state index in [0.29, 0.717) is 31.9 Å². The first-order valence-corrected chi connectivity index (χ1v) is 9.23. The summed E-state index contributed by atoms with van der Waals surface area (Å²) in [5.41, 5.74) is 1.21. The van der Waals surface area contributed by atoms with Crippen LogP contribution in [0.2, 0.25) is 0 Å². The summed E-state index contributed by atoms with van der Waals surface area (Å²) in [6, 6.07) is 4.49. The molecule has 148 valence electrons. The monoisotopic (exact) mass is 407 g/mol. The summed E-state index contributed by atoms with van der Waals surface area (Å²) < 4.78 is 5.33. The van der Waals surface area contributed by atoms with Crippen molar-refractivity contribution in [3.05, 3.63) is 33.9 Å². The van der Waals surface area contributed by atoms with Gasteiger partial charge in [-0.3, -0.25) is 19.7 Å². The molecule has 1 aromatic rings. The molecule has 2 saturated heterocycles. The van der Waals surface area contributed by atoms with Gasteiger partial charge in [0, 0.05) is 36.5 Å². The molecule has 0 spiro atoms. The van der Waals surface area contributed by atoms with E-state index in [4.69, 9.17) is 9.84 Å². The van der Waals surface area contributed by atoms with E-state index in [1.165, 1.54) is 18.3 Å². The SMILES string of the molecule is O=C(O)CC1SC(=NN=Cc2cc([N+](=O)[O-])ccc2N2CCOCC2)NC1=O. The number of nitrogens with zero attached hydrogens (tertiary/aromatic N) is 4. The minimum Gasteiger partial charge on any atom is -0.481 e. The minimum absolute atomic E-state index is 0.0730. The number of ether oxygens (including phenoxy) is 1. The predicted molar refractivity (Wildman–Crippen MR) is 103 cm³/mol. The molecule has 3 rings (SSSR count). The van der Waals surface area contributed by atoms with E-state index in [1.807, 2.05) is 4.90 Å². The number of aliphatic carboxylic acids is 1. The number of carboxylic acid groups (broad SMARTS) is 1. The van der Waals surface area contributed by atoms with Gasteiger partial charge < -0.3 is 20.1 Å². The lowest BCUT2D eigenvalue weighted by Gasteiger charge is -2.29. The van der Waals surface area contributed by atoms with Gasteiger partial charge in [-0.2, -0.15) is 5.10 Å². The maximum atomic E-state index is 11.7. The number of thioether (sulfide) groups is 1. The predicted octanol–water partition coefficient (Wildman–Crippen LogP) is 0.828. The van der Waals surface area contributed by atoms with Gasteiger partial charge in [0.05, 0.1) is 30.8 Å². The van der Waals surface area contributed by atoms with Gasteiger partial charge in [0.15, 0.2) is 5.17 Å². The molecule has 0 aromatic heterocycles. The molecule has 28 heavy (non-hydrogen) atoms. The van der Waals surface area contributed by atoms with Crippen LogP contribution in [0.15, 0.2) is 28.4 Å². The van der Waals surface area contributed by atoms with Crippen LogP contribution in [0.3, 0.4) is 0 Å². The zero-order chi connectivity index (χ0) is 20.1. The Hall–Kier alpha value is -2.99. The standard InChI is InChI=1S/C16H17N5O6S/c22-14(23)8-13-15(24)18-16(28-13)19-17-9-10-7-11(21(25)26)1-2-12(10)20-3-5-27-6-4-20/h1-2,7,9,13H,3-6,8H2,(H,22,23)(H,18,19,24).